The van der Waals surface area contributed by atoms with Crippen molar-refractivity contribution in [2.24, 2.45) is 0 Å². The lowest BCUT2D eigenvalue weighted by atomic mass is 10.2. The summed E-state index contributed by atoms with van der Waals surface area (Å²) in [6, 6.07) is 4.13. The summed E-state index contributed by atoms with van der Waals surface area (Å²) >= 11 is 1.88. The molecule has 19 heavy (non-hydrogen) atoms. The van der Waals surface area contributed by atoms with Gasteiger partial charge in [0.25, 0.3) is 0 Å². The fourth-order valence-electron chi connectivity index (χ4n) is 2.36. The summed E-state index contributed by atoms with van der Waals surface area (Å²) < 4.78 is 5.48. The molecule has 1 aliphatic rings. The van der Waals surface area contributed by atoms with E-state index in [9.17, 15) is 4.79 Å². The highest BCUT2D eigenvalue weighted by molar-refractivity contribution is 7.99. The largest absolute Gasteiger partial charge is 0.468 e. The zero-order valence-corrected chi connectivity index (χ0v) is 12.5. The van der Waals surface area contributed by atoms with Crippen LogP contribution in [0.2, 0.25) is 0 Å². The molecule has 0 bridgehead atoms. The predicted octanol–water partition coefficient (Wildman–Crippen LogP) is 3.22. The molecule has 4 nitrogen and oxygen atoms in total. The average Bonchev–Trinajstić information content (AvgIpc) is 2.84. The van der Waals surface area contributed by atoms with Gasteiger partial charge in [-0.3, -0.25) is 0 Å². The van der Waals surface area contributed by atoms with E-state index in [-0.39, 0.29) is 6.03 Å². The quantitative estimate of drug-likeness (QED) is 0.854. The first-order valence-electron chi connectivity index (χ1n) is 6.95. The number of hydrogen-bond donors (Lipinski definition) is 0. The van der Waals surface area contributed by atoms with E-state index < -0.39 is 0 Å². The summed E-state index contributed by atoms with van der Waals surface area (Å²) in [5, 5.41) is 0.379. The topological polar surface area (TPSA) is 36.7 Å². The molecule has 2 heterocycles. The molecule has 0 spiro atoms. The number of hydrogen-bond acceptors (Lipinski definition) is 3. The Morgan fingerprint density at radius 1 is 1.47 bits per heavy atom. The molecule has 1 fully saturated rings. The molecular weight excluding hydrogens is 260 g/mol. The second-order valence-corrected chi connectivity index (χ2v) is 5.92. The summed E-state index contributed by atoms with van der Waals surface area (Å²) in [7, 11) is 0. The molecule has 2 amide bonds. The van der Waals surface area contributed by atoms with E-state index in [4.69, 9.17) is 4.42 Å². The third-order valence-electron chi connectivity index (χ3n) is 3.51. The molecule has 0 aromatic carbocycles. The first-order chi connectivity index (χ1) is 9.26. The number of nitrogens with zero attached hydrogens (tertiary/aromatic N) is 2. The molecule has 1 saturated heterocycles. The lowest BCUT2D eigenvalue weighted by molar-refractivity contribution is 0.160. The van der Waals surface area contributed by atoms with Gasteiger partial charge in [-0.25, -0.2) is 4.79 Å². The summed E-state index contributed by atoms with van der Waals surface area (Å²) in [4.78, 5) is 16.2. The molecule has 1 atom stereocenters. The van der Waals surface area contributed by atoms with Crippen LogP contribution in [-0.4, -0.2) is 47.8 Å². The molecule has 1 aliphatic heterocycles. The van der Waals surface area contributed by atoms with Gasteiger partial charge in [0.05, 0.1) is 11.5 Å². The van der Waals surface area contributed by atoms with E-state index in [1.807, 2.05) is 47.5 Å². The van der Waals surface area contributed by atoms with Crippen molar-refractivity contribution in [1.82, 2.24) is 9.80 Å². The Labute approximate surface area is 119 Å². The van der Waals surface area contributed by atoms with Crippen molar-refractivity contribution in [1.29, 1.82) is 0 Å². The lowest BCUT2D eigenvalue weighted by Gasteiger charge is -2.28. The number of furan rings is 1. The second kappa shape index (κ2) is 6.89. The predicted molar refractivity (Wildman–Crippen MR) is 78.4 cm³/mol. The molecule has 106 valence electrons. The van der Waals surface area contributed by atoms with Gasteiger partial charge in [0, 0.05) is 31.9 Å². The Morgan fingerprint density at radius 2 is 2.26 bits per heavy atom. The Hall–Kier alpha value is -1.10. The molecular formula is C14H22N2O2S. The van der Waals surface area contributed by atoms with Gasteiger partial charge in [0.15, 0.2) is 0 Å². The van der Waals surface area contributed by atoms with Crippen LogP contribution in [0.25, 0.3) is 0 Å². The van der Waals surface area contributed by atoms with Crippen molar-refractivity contribution in [3.8, 4) is 0 Å². The summed E-state index contributed by atoms with van der Waals surface area (Å²) in [6.45, 7) is 7.26. The highest BCUT2D eigenvalue weighted by atomic mass is 32.2. The Balaban J connectivity index is 1.95. The monoisotopic (exact) mass is 282 g/mol. The molecule has 1 aromatic heterocycles. The van der Waals surface area contributed by atoms with Crippen LogP contribution < -0.4 is 0 Å². The first kappa shape index (κ1) is 14.3. The summed E-state index contributed by atoms with van der Waals surface area (Å²) in [5.41, 5.74) is 0. The van der Waals surface area contributed by atoms with Crippen LogP contribution in [0.3, 0.4) is 0 Å². The standard InChI is InChI=1S/C14H22N2O2S/c1-3-15(4-2)14(17)16-8-7-13(19-11-9-16)12-6-5-10-18-12/h5-6,10,13H,3-4,7-9,11H2,1-2H3. The van der Waals surface area contributed by atoms with Crippen molar-refractivity contribution in [2.75, 3.05) is 31.9 Å². The minimum absolute atomic E-state index is 0.172. The Bertz CT molecular complexity index is 390. The Morgan fingerprint density at radius 3 is 2.89 bits per heavy atom. The number of thioether (sulfide) groups is 1. The van der Waals surface area contributed by atoms with Crippen LogP contribution in [0, 0.1) is 0 Å². The SMILES string of the molecule is CCN(CC)C(=O)N1CCSC(c2ccco2)CC1. The zero-order valence-electron chi connectivity index (χ0n) is 11.7. The van der Waals surface area contributed by atoms with Gasteiger partial charge in [-0.2, -0.15) is 0 Å². The second-order valence-electron chi connectivity index (χ2n) is 4.61. The van der Waals surface area contributed by atoms with E-state index in [1.165, 1.54) is 0 Å². The molecule has 2 rings (SSSR count). The van der Waals surface area contributed by atoms with E-state index in [0.29, 0.717) is 5.25 Å². The molecule has 0 radical (unpaired) electrons. The third kappa shape index (κ3) is 3.47. The lowest BCUT2D eigenvalue weighted by Crippen LogP contribution is -2.44. The fraction of sp³-hybridized carbons (Fsp3) is 0.643. The number of carbonyl (C=O) groups excluding carboxylic acids is 1. The minimum Gasteiger partial charge on any atom is -0.468 e. The van der Waals surface area contributed by atoms with E-state index in [1.54, 1.807) is 6.26 Å². The molecule has 0 N–H and O–H groups in total. The first-order valence-corrected chi connectivity index (χ1v) is 8.00. The molecule has 1 unspecified atom stereocenters. The van der Waals surface area contributed by atoms with Crippen molar-refractivity contribution >= 4 is 17.8 Å². The van der Waals surface area contributed by atoms with E-state index in [2.05, 4.69) is 0 Å². The van der Waals surface area contributed by atoms with E-state index in [0.717, 1.165) is 44.1 Å². The van der Waals surface area contributed by atoms with Crippen LogP contribution in [0.5, 0.6) is 0 Å². The van der Waals surface area contributed by atoms with Crippen molar-refractivity contribution in [2.45, 2.75) is 25.5 Å². The maximum Gasteiger partial charge on any atom is 0.320 e. The van der Waals surface area contributed by atoms with Gasteiger partial charge in [-0.15, -0.1) is 11.8 Å². The third-order valence-corrected chi connectivity index (χ3v) is 4.80. The number of rotatable bonds is 3. The van der Waals surface area contributed by atoms with Gasteiger partial charge in [0.1, 0.15) is 5.76 Å². The van der Waals surface area contributed by atoms with Crippen LogP contribution in [0.1, 0.15) is 31.3 Å². The maximum absolute atomic E-state index is 12.3. The maximum atomic E-state index is 12.3. The highest BCUT2D eigenvalue weighted by Crippen LogP contribution is 2.34. The van der Waals surface area contributed by atoms with Crippen molar-refractivity contribution in [3.05, 3.63) is 24.2 Å². The van der Waals surface area contributed by atoms with Crippen LogP contribution >= 0.6 is 11.8 Å². The summed E-state index contributed by atoms with van der Waals surface area (Å²) in [6.07, 6.45) is 2.69. The average molecular weight is 282 g/mol. The zero-order chi connectivity index (χ0) is 13.7. The van der Waals surface area contributed by atoms with Gasteiger partial charge < -0.3 is 14.2 Å². The smallest absolute Gasteiger partial charge is 0.320 e. The summed E-state index contributed by atoms with van der Waals surface area (Å²) in [5.74, 6) is 2.00. The van der Waals surface area contributed by atoms with Gasteiger partial charge in [-0.05, 0) is 32.4 Å². The molecule has 5 heteroatoms. The molecule has 0 aliphatic carbocycles. The highest BCUT2D eigenvalue weighted by Gasteiger charge is 2.25. The number of amides is 2. The molecule has 0 saturated carbocycles. The normalized spacial score (nSPS) is 20.1. The minimum atomic E-state index is 0.172. The Kier molecular flexibility index (Phi) is 5.19. The number of urea groups is 1. The fourth-order valence-corrected chi connectivity index (χ4v) is 3.54. The van der Waals surface area contributed by atoms with Gasteiger partial charge in [0.2, 0.25) is 0 Å². The van der Waals surface area contributed by atoms with Crippen molar-refractivity contribution in [3.63, 3.8) is 0 Å². The van der Waals surface area contributed by atoms with Crippen LogP contribution in [-0.2, 0) is 0 Å². The number of carbonyl (C=O) groups is 1. The van der Waals surface area contributed by atoms with Gasteiger partial charge in [-0.1, -0.05) is 0 Å². The van der Waals surface area contributed by atoms with Crippen LogP contribution in [0.15, 0.2) is 22.8 Å². The molecule has 1 aromatic rings. The van der Waals surface area contributed by atoms with Crippen LogP contribution in [0.4, 0.5) is 4.79 Å². The van der Waals surface area contributed by atoms with Gasteiger partial charge >= 0.3 is 6.03 Å². The van der Waals surface area contributed by atoms with E-state index >= 15 is 0 Å². The van der Waals surface area contributed by atoms with Crippen molar-refractivity contribution < 1.29 is 9.21 Å².